The van der Waals surface area contributed by atoms with Crippen molar-refractivity contribution >= 4 is 81.4 Å². The van der Waals surface area contributed by atoms with Gasteiger partial charge in [-0.15, -0.1) is 6.42 Å². The first-order chi connectivity index (χ1) is 7.98. The van der Waals surface area contributed by atoms with Crippen LogP contribution in [0, 0.1) is 23.2 Å². The number of rotatable bonds is 3. The van der Waals surface area contributed by atoms with E-state index in [1.165, 1.54) is 0 Å². The number of hydrogen-bond donors (Lipinski definition) is 2. The summed E-state index contributed by atoms with van der Waals surface area (Å²) in [6.45, 7) is -0.341. The molecule has 1 atom stereocenters. The highest BCUT2D eigenvalue weighted by Gasteiger charge is 2.32. The van der Waals surface area contributed by atoms with Crippen LogP contribution in [0.25, 0.3) is 0 Å². The molecule has 102 valence electrons. The van der Waals surface area contributed by atoms with Crippen molar-refractivity contribution in [1.29, 1.82) is 10.8 Å². The standard InChI is InChI=1S/C8H6Cl6N2O2/c1-2-4(18-6(16)8(12,13)14)3-17-5(15)7(9,10)11/h1,4,15-16H,3H2. The van der Waals surface area contributed by atoms with E-state index in [2.05, 4.69) is 5.92 Å². The molecule has 0 aliphatic heterocycles. The van der Waals surface area contributed by atoms with Gasteiger partial charge in [-0.1, -0.05) is 75.5 Å². The van der Waals surface area contributed by atoms with Crippen LogP contribution in [-0.4, -0.2) is 32.1 Å². The summed E-state index contributed by atoms with van der Waals surface area (Å²) < 4.78 is 5.54. The van der Waals surface area contributed by atoms with Crippen molar-refractivity contribution in [3.63, 3.8) is 0 Å². The van der Waals surface area contributed by atoms with Gasteiger partial charge in [0.05, 0.1) is 0 Å². The van der Waals surface area contributed by atoms with E-state index in [1.807, 2.05) is 0 Å². The van der Waals surface area contributed by atoms with Crippen molar-refractivity contribution < 1.29 is 9.47 Å². The van der Waals surface area contributed by atoms with Crippen LogP contribution < -0.4 is 0 Å². The summed E-state index contributed by atoms with van der Waals surface area (Å²) in [6, 6.07) is 0. The summed E-state index contributed by atoms with van der Waals surface area (Å²) in [7, 11) is 0. The molecule has 18 heavy (non-hydrogen) atoms. The summed E-state index contributed by atoms with van der Waals surface area (Å²) >= 11 is 32.3. The van der Waals surface area contributed by atoms with Crippen LogP contribution in [-0.2, 0) is 9.47 Å². The summed E-state index contributed by atoms with van der Waals surface area (Å²) in [6.07, 6.45) is 4.04. The molecule has 0 rings (SSSR count). The van der Waals surface area contributed by atoms with E-state index < -0.39 is 25.5 Å². The Kier molecular flexibility index (Phi) is 7.23. The number of hydrogen-bond acceptors (Lipinski definition) is 4. The molecule has 0 fully saturated rings. The molecule has 0 aliphatic carbocycles. The summed E-state index contributed by atoms with van der Waals surface area (Å²) in [5.41, 5.74) is 0. The maximum Gasteiger partial charge on any atom is 0.265 e. The Bertz CT molecular complexity index is 367. The molecule has 0 amide bonds. The first-order valence-corrected chi connectivity index (χ1v) is 6.32. The second kappa shape index (κ2) is 7.14. The molecule has 0 saturated heterocycles. The monoisotopic (exact) mass is 372 g/mol. The second-order valence-electron chi connectivity index (χ2n) is 2.74. The number of terminal acetylenes is 1. The smallest absolute Gasteiger partial charge is 0.265 e. The van der Waals surface area contributed by atoms with Gasteiger partial charge in [0.1, 0.15) is 6.61 Å². The van der Waals surface area contributed by atoms with Gasteiger partial charge in [-0.3, -0.25) is 10.8 Å². The Morgan fingerprint density at radius 3 is 1.83 bits per heavy atom. The molecule has 0 aromatic carbocycles. The topological polar surface area (TPSA) is 66.2 Å². The van der Waals surface area contributed by atoms with Crippen LogP contribution in [0.2, 0.25) is 0 Å². The lowest BCUT2D eigenvalue weighted by atomic mass is 10.4. The summed E-state index contributed by atoms with van der Waals surface area (Å²) in [5.74, 6) is 0.799. The molecule has 1 unspecified atom stereocenters. The lowest BCUT2D eigenvalue weighted by Gasteiger charge is -2.20. The maximum absolute atomic E-state index is 7.28. The molecule has 4 nitrogen and oxygen atoms in total. The van der Waals surface area contributed by atoms with Crippen LogP contribution in [0.3, 0.4) is 0 Å². The van der Waals surface area contributed by atoms with Gasteiger partial charge in [-0.2, -0.15) is 0 Å². The third kappa shape index (κ3) is 6.98. The predicted molar refractivity (Wildman–Crippen MR) is 75.7 cm³/mol. The van der Waals surface area contributed by atoms with Gasteiger partial charge >= 0.3 is 0 Å². The highest BCUT2D eigenvalue weighted by molar-refractivity contribution is 6.76. The Labute approximate surface area is 134 Å². The molecule has 10 heteroatoms. The van der Waals surface area contributed by atoms with Crippen LogP contribution in [0.4, 0.5) is 0 Å². The largest absolute Gasteiger partial charge is 0.473 e. The molecule has 0 spiro atoms. The molecule has 0 bridgehead atoms. The Balaban J connectivity index is 4.37. The van der Waals surface area contributed by atoms with Gasteiger partial charge in [0.15, 0.2) is 6.10 Å². The third-order valence-corrected chi connectivity index (χ3v) is 2.37. The zero-order valence-corrected chi connectivity index (χ0v) is 13.0. The lowest BCUT2D eigenvalue weighted by Crippen LogP contribution is -2.31. The zero-order valence-electron chi connectivity index (χ0n) is 8.45. The van der Waals surface area contributed by atoms with E-state index in [-0.39, 0.29) is 6.61 Å². The minimum Gasteiger partial charge on any atom is -0.473 e. The van der Waals surface area contributed by atoms with Crippen molar-refractivity contribution in [3.8, 4) is 12.3 Å². The number of alkyl halides is 6. The number of nitrogens with one attached hydrogen (secondary N) is 2. The van der Waals surface area contributed by atoms with Gasteiger partial charge in [-0.25, -0.2) is 0 Å². The molecule has 0 saturated carbocycles. The maximum atomic E-state index is 7.28. The molecule has 2 N–H and O–H groups in total. The van der Waals surface area contributed by atoms with Crippen molar-refractivity contribution in [1.82, 2.24) is 0 Å². The molecular formula is C8H6Cl6N2O2. The van der Waals surface area contributed by atoms with Crippen LogP contribution in [0.15, 0.2) is 0 Å². The molecule has 0 heterocycles. The minimum absolute atomic E-state index is 0.341. The highest BCUT2D eigenvalue weighted by atomic mass is 35.6. The van der Waals surface area contributed by atoms with E-state index in [0.717, 1.165) is 0 Å². The SMILES string of the molecule is C#CC(COC(=N)C(Cl)(Cl)Cl)OC(=N)C(Cl)(Cl)Cl. The van der Waals surface area contributed by atoms with Crippen molar-refractivity contribution in [3.05, 3.63) is 0 Å². The quantitative estimate of drug-likeness (QED) is 0.342. The first-order valence-electron chi connectivity index (χ1n) is 4.05. The third-order valence-electron chi connectivity index (χ3n) is 1.34. The average Bonchev–Trinajstić information content (AvgIpc) is 2.20. The fourth-order valence-corrected chi connectivity index (χ4v) is 0.863. The van der Waals surface area contributed by atoms with Gasteiger partial charge in [0.2, 0.25) is 11.8 Å². The average molecular weight is 375 g/mol. The lowest BCUT2D eigenvalue weighted by molar-refractivity contribution is 0.148. The van der Waals surface area contributed by atoms with Gasteiger partial charge in [0, 0.05) is 0 Å². The van der Waals surface area contributed by atoms with E-state index >= 15 is 0 Å². The normalized spacial score (nSPS) is 13.4. The van der Waals surface area contributed by atoms with E-state index in [9.17, 15) is 0 Å². The summed E-state index contributed by atoms with van der Waals surface area (Å²) in [4.78, 5) is 0. The van der Waals surface area contributed by atoms with Crippen molar-refractivity contribution in [2.24, 2.45) is 0 Å². The molecule has 0 aromatic heterocycles. The van der Waals surface area contributed by atoms with Crippen LogP contribution in [0.5, 0.6) is 0 Å². The first kappa shape index (κ1) is 18.2. The van der Waals surface area contributed by atoms with Crippen LogP contribution >= 0.6 is 69.6 Å². The molecule has 0 aromatic rings. The fraction of sp³-hybridized carbons (Fsp3) is 0.500. The molecular weight excluding hydrogens is 369 g/mol. The van der Waals surface area contributed by atoms with Crippen molar-refractivity contribution in [2.75, 3.05) is 6.61 Å². The summed E-state index contributed by atoms with van der Waals surface area (Å²) in [5, 5.41) is 14.5. The predicted octanol–water partition coefficient (Wildman–Crippen LogP) is 3.72. The van der Waals surface area contributed by atoms with Crippen LogP contribution in [0.1, 0.15) is 0 Å². The fourth-order valence-electron chi connectivity index (χ4n) is 0.566. The van der Waals surface area contributed by atoms with Gasteiger partial charge in [0.25, 0.3) is 7.59 Å². The van der Waals surface area contributed by atoms with Gasteiger partial charge < -0.3 is 9.47 Å². The number of ether oxygens (including phenoxy) is 2. The Morgan fingerprint density at radius 1 is 1.06 bits per heavy atom. The van der Waals surface area contributed by atoms with Gasteiger partial charge in [-0.05, 0) is 0 Å². The second-order valence-corrected chi connectivity index (χ2v) is 7.30. The molecule has 0 radical (unpaired) electrons. The zero-order chi connectivity index (χ0) is 14.6. The minimum atomic E-state index is -2.04. The van der Waals surface area contributed by atoms with Crippen molar-refractivity contribution in [2.45, 2.75) is 13.7 Å². The van der Waals surface area contributed by atoms with E-state index in [4.69, 9.17) is 96.3 Å². The number of halogens is 6. The highest BCUT2D eigenvalue weighted by Crippen LogP contribution is 2.29. The van der Waals surface area contributed by atoms with E-state index in [0.29, 0.717) is 0 Å². The van der Waals surface area contributed by atoms with E-state index in [1.54, 1.807) is 0 Å². The molecule has 0 aliphatic rings. The Hall–Kier alpha value is 0.240. The Morgan fingerprint density at radius 2 is 1.50 bits per heavy atom.